The molecule has 1 heterocycles. The highest BCUT2D eigenvalue weighted by Crippen LogP contribution is 2.24. The molecule has 3 nitrogen and oxygen atoms in total. The van der Waals surface area contributed by atoms with Gasteiger partial charge in [0.25, 0.3) is 0 Å². The molecule has 0 aliphatic carbocycles. The molecule has 0 spiro atoms. The molecule has 2 rings (SSSR count). The Balaban J connectivity index is 2.33. The van der Waals surface area contributed by atoms with E-state index in [1.165, 1.54) is 12.1 Å². The summed E-state index contributed by atoms with van der Waals surface area (Å²) in [5, 5.41) is 0. The fraction of sp³-hybridized carbons (Fsp3) is 0.333. The average Bonchev–Trinajstić information content (AvgIpc) is 2.46. The Bertz CT molecular complexity index is 548. The van der Waals surface area contributed by atoms with Crippen LogP contribution in [0, 0.1) is 5.82 Å². The largest absolute Gasteiger partial charge is 0.319 e. The van der Waals surface area contributed by atoms with Crippen molar-refractivity contribution in [1.82, 2.24) is 9.97 Å². The second kappa shape index (κ2) is 5.45. The summed E-state index contributed by atoms with van der Waals surface area (Å²) >= 11 is 0. The van der Waals surface area contributed by atoms with Crippen LogP contribution in [0.3, 0.4) is 0 Å². The molecule has 0 saturated carbocycles. The third-order valence-corrected chi connectivity index (χ3v) is 3.52. The van der Waals surface area contributed by atoms with E-state index in [-0.39, 0.29) is 5.82 Å². The van der Waals surface area contributed by atoms with E-state index >= 15 is 0 Å². The smallest absolute Gasteiger partial charge is 0.148 e. The quantitative estimate of drug-likeness (QED) is 0.917. The van der Waals surface area contributed by atoms with Crippen molar-refractivity contribution in [3.05, 3.63) is 48.3 Å². The van der Waals surface area contributed by atoms with Crippen molar-refractivity contribution in [2.75, 3.05) is 0 Å². The highest BCUT2D eigenvalue weighted by atomic mass is 19.1. The van der Waals surface area contributed by atoms with Crippen LogP contribution in [0.25, 0.3) is 11.1 Å². The molecule has 0 atom stereocenters. The lowest BCUT2D eigenvalue weighted by Gasteiger charge is -2.24. The van der Waals surface area contributed by atoms with Gasteiger partial charge in [0.15, 0.2) is 0 Å². The molecule has 0 fully saturated rings. The molecule has 0 radical (unpaired) electrons. The number of nitrogens with zero attached hydrogens (tertiary/aromatic N) is 2. The van der Waals surface area contributed by atoms with Crippen LogP contribution in [0.1, 0.15) is 32.5 Å². The Labute approximate surface area is 112 Å². The van der Waals surface area contributed by atoms with E-state index < -0.39 is 5.54 Å². The molecule has 0 bridgehead atoms. The molecule has 0 unspecified atom stereocenters. The van der Waals surface area contributed by atoms with E-state index in [2.05, 4.69) is 9.97 Å². The van der Waals surface area contributed by atoms with E-state index in [9.17, 15) is 4.39 Å². The van der Waals surface area contributed by atoms with Crippen molar-refractivity contribution < 1.29 is 4.39 Å². The van der Waals surface area contributed by atoms with E-state index in [1.807, 2.05) is 19.9 Å². The minimum Gasteiger partial charge on any atom is -0.319 e. The highest BCUT2D eigenvalue weighted by molar-refractivity contribution is 5.61. The number of halogens is 1. The van der Waals surface area contributed by atoms with Crippen LogP contribution in [0.4, 0.5) is 4.39 Å². The van der Waals surface area contributed by atoms with E-state index in [4.69, 9.17) is 5.73 Å². The SMILES string of the molecule is CCC(N)(CC)c1ncc(-c2cccc(F)c2)cn1. The van der Waals surface area contributed by atoms with Crippen LogP contribution in [0.15, 0.2) is 36.7 Å². The Kier molecular flexibility index (Phi) is 3.90. The van der Waals surface area contributed by atoms with Gasteiger partial charge in [-0.3, -0.25) is 0 Å². The van der Waals surface area contributed by atoms with E-state index in [0.717, 1.165) is 24.0 Å². The summed E-state index contributed by atoms with van der Waals surface area (Å²) in [6.45, 7) is 4.04. The minimum atomic E-state index is -0.486. The van der Waals surface area contributed by atoms with Gasteiger partial charge in [0.05, 0.1) is 5.54 Å². The Morgan fingerprint density at radius 2 is 1.74 bits per heavy atom. The Morgan fingerprint density at radius 3 is 2.26 bits per heavy atom. The molecule has 2 aromatic rings. The van der Waals surface area contributed by atoms with E-state index in [0.29, 0.717) is 5.82 Å². The molecular weight excluding hydrogens is 241 g/mol. The molecule has 100 valence electrons. The summed E-state index contributed by atoms with van der Waals surface area (Å²) in [7, 11) is 0. The van der Waals surface area contributed by atoms with Crippen LogP contribution in [0.2, 0.25) is 0 Å². The van der Waals surface area contributed by atoms with Gasteiger partial charge in [-0.2, -0.15) is 0 Å². The van der Waals surface area contributed by atoms with Crippen molar-refractivity contribution in [2.45, 2.75) is 32.2 Å². The molecule has 0 saturated heterocycles. The maximum Gasteiger partial charge on any atom is 0.148 e. The Hall–Kier alpha value is -1.81. The summed E-state index contributed by atoms with van der Waals surface area (Å²) in [6, 6.07) is 6.38. The second-order valence-electron chi connectivity index (χ2n) is 4.67. The minimum absolute atomic E-state index is 0.267. The van der Waals surface area contributed by atoms with Crippen molar-refractivity contribution in [2.24, 2.45) is 5.73 Å². The second-order valence-corrected chi connectivity index (χ2v) is 4.67. The maximum atomic E-state index is 13.2. The predicted molar refractivity (Wildman–Crippen MR) is 73.9 cm³/mol. The normalized spacial score (nSPS) is 11.6. The first-order valence-corrected chi connectivity index (χ1v) is 6.46. The van der Waals surface area contributed by atoms with Crippen molar-refractivity contribution in [1.29, 1.82) is 0 Å². The molecule has 1 aromatic carbocycles. The number of hydrogen-bond donors (Lipinski definition) is 1. The van der Waals surface area contributed by atoms with Crippen molar-refractivity contribution >= 4 is 0 Å². The molecule has 2 N–H and O–H groups in total. The van der Waals surface area contributed by atoms with Gasteiger partial charge >= 0.3 is 0 Å². The van der Waals surface area contributed by atoms with Crippen LogP contribution < -0.4 is 5.73 Å². The van der Waals surface area contributed by atoms with Gasteiger partial charge in [-0.1, -0.05) is 26.0 Å². The summed E-state index contributed by atoms with van der Waals surface area (Å²) < 4.78 is 13.2. The molecule has 4 heteroatoms. The number of benzene rings is 1. The summed E-state index contributed by atoms with van der Waals surface area (Å²) in [5.41, 5.74) is 7.32. The zero-order valence-electron chi connectivity index (χ0n) is 11.2. The lowest BCUT2D eigenvalue weighted by Crippen LogP contribution is -2.37. The Morgan fingerprint density at radius 1 is 1.11 bits per heavy atom. The number of aromatic nitrogens is 2. The standard InChI is InChI=1S/C15H18FN3/c1-3-15(17,4-2)14-18-9-12(10-19-14)11-6-5-7-13(16)8-11/h5-10H,3-4,17H2,1-2H3. The average molecular weight is 259 g/mol. The summed E-state index contributed by atoms with van der Waals surface area (Å²) in [6.07, 6.45) is 4.96. The van der Waals surface area contributed by atoms with Crippen LogP contribution in [-0.4, -0.2) is 9.97 Å². The third-order valence-electron chi connectivity index (χ3n) is 3.52. The van der Waals surface area contributed by atoms with E-state index in [1.54, 1.807) is 18.5 Å². The first kappa shape index (κ1) is 13.6. The number of nitrogens with two attached hydrogens (primary N) is 1. The molecule has 19 heavy (non-hydrogen) atoms. The first-order chi connectivity index (χ1) is 9.09. The fourth-order valence-electron chi connectivity index (χ4n) is 1.97. The van der Waals surface area contributed by atoms with Crippen LogP contribution in [-0.2, 0) is 5.54 Å². The van der Waals surface area contributed by atoms with Crippen molar-refractivity contribution in [3.63, 3.8) is 0 Å². The van der Waals surface area contributed by atoms with Crippen LogP contribution in [0.5, 0.6) is 0 Å². The number of hydrogen-bond acceptors (Lipinski definition) is 3. The summed E-state index contributed by atoms with van der Waals surface area (Å²) in [4.78, 5) is 8.68. The number of rotatable bonds is 4. The lowest BCUT2D eigenvalue weighted by molar-refractivity contribution is 0.387. The molecule has 0 aliphatic heterocycles. The highest BCUT2D eigenvalue weighted by Gasteiger charge is 2.25. The van der Waals surface area contributed by atoms with Gasteiger partial charge in [-0.25, -0.2) is 14.4 Å². The zero-order valence-corrected chi connectivity index (χ0v) is 11.2. The molecule has 0 amide bonds. The van der Waals surface area contributed by atoms with Gasteiger partial charge in [0.2, 0.25) is 0 Å². The van der Waals surface area contributed by atoms with Gasteiger partial charge in [0.1, 0.15) is 11.6 Å². The summed E-state index contributed by atoms with van der Waals surface area (Å²) in [5.74, 6) is 0.370. The zero-order chi connectivity index (χ0) is 13.9. The monoisotopic (exact) mass is 259 g/mol. The molecule has 1 aromatic heterocycles. The maximum absolute atomic E-state index is 13.2. The van der Waals surface area contributed by atoms with Crippen LogP contribution >= 0.6 is 0 Å². The predicted octanol–water partition coefficient (Wildman–Crippen LogP) is 3.26. The fourth-order valence-corrected chi connectivity index (χ4v) is 1.97. The first-order valence-electron chi connectivity index (χ1n) is 6.46. The van der Waals surface area contributed by atoms with Gasteiger partial charge in [-0.15, -0.1) is 0 Å². The topological polar surface area (TPSA) is 51.8 Å². The lowest BCUT2D eigenvalue weighted by atomic mass is 9.93. The third kappa shape index (κ3) is 2.79. The van der Waals surface area contributed by atoms with Crippen molar-refractivity contribution in [3.8, 4) is 11.1 Å². The van der Waals surface area contributed by atoms with Gasteiger partial charge < -0.3 is 5.73 Å². The molecule has 0 aliphatic rings. The molecular formula is C15H18FN3. The van der Waals surface area contributed by atoms with Gasteiger partial charge in [0, 0.05) is 18.0 Å². The van der Waals surface area contributed by atoms with Gasteiger partial charge in [-0.05, 0) is 30.5 Å².